The van der Waals surface area contributed by atoms with Crippen molar-refractivity contribution in [1.82, 2.24) is 0 Å². The Hall–Kier alpha value is -3.19. The summed E-state index contributed by atoms with van der Waals surface area (Å²) in [7, 11) is -3.50. The number of carboxylic acids is 1. The number of anilines is 1. The molecule has 3 rings (SSSR count). The second kappa shape index (κ2) is 8.05. The molecule has 0 aliphatic rings. The fraction of sp³-hybridized carbons (Fsp3) is 0.136. The lowest BCUT2D eigenvalue weighted by Crippen LogP contribution is -2.22. The van der Waals surface area contributed by atoms with Gasteiger partial charge in [-0.3, -0.25) is 4.72 Å². The number of aromatic carboxylic acids is 1. The summed E-state index contributed by atoms with van der Waals surface area (Å²) in [5, 5.41) is 8.38. The molecule has 0 fully saturated rings. The highest BCUT2D eigenvalue weighted by atomic mass is 32.2. The number of para-hydroxylation sites is 1. The van der Waals surface area contributed by atoms with Crippen molar-refractivity contribution in [2.45, 2.75) is 19.1 Å². The highest BCUT2D eigenvalue weighted by Gasteiger charge is 2.18. The number of hydrogen-bond donors (Lipinski definition) is 2. The first-order chi connectivity index (χ1) is 13.7. The Labute approximate surface area is 168 Å². The Balaban J connectivity index is 1.95. The number of sulfonamides is 1. The lowest BCUT2D eigenvalue weighted by Gasteiger charge is -2.15. The van der Waals surface area contributed by atoms with E-state index in [1.807, 2.05) is 0 Å². The summed E-state index contributed by atoms with van der Waals surface area (Å²) >= 11 is 0. The summed E-state index contributed by atoms with van der Waals surface area (Å²) in [6.45, 7) is 3.20. The summed E-state index contributed by atoms with van der Waals surface area (Å²) < 4.78 is 41.4. The molecule has 7 heteroatoms. The summed E-state index contributed by atoms with van der Waals surface area (Å²) in [4.78, 5) is 11.0. The van der Waals surface area contributed by atoms with Gasteiger partial charge in [0, 0.05) is 11.1 Å². The molecule has 0 radical (unpaired) electrons. The summed E-state index contributed by atoms with van der Waals surface area (Å²) in [6.07, 6.45) is 0. The van der Waals surface area contributed by atoms with E-state index < -0.39 is 27.1 Å². The van der Waals surface area contributed by atoms with Crippen molar-refractivity contribution in [2.24, 2.45) is 0 Å². The van der Waals surface area contributed by atoms with Crippen LogP contribution < -0.4 is 4.72 Å². The second-order valence-corrected chi connectivity index (χ2v) is 9.06. The molecule has 0 heterocycles. The zero-order chi connectivity index (χ0) is 21.2. The van der Waals surface area contributed by atoms with Crippen LogP contribution in [-0.4, -0.2) is 24.7 Å². The number of nitrogens with one attached hydrogen (secondary N) is 1. The van der Waals surface area contributed by atoms with Crippen molar-refractivity contribution in [3.63, 3.8) is 0 Å². The van der Waals surface area contributed by atoms with Gasteiger partial charge in [0.1, 0.15) is 5.82 Å². The van der Waals surface area contributed by atoms with Gasteiger partial charge < -0.3 is 5.11 Å². The van der Waals surface area contributed by atoms with E-state index in [-0.39, 0.29) is 11.1 Å². The lowest BCUT2D eigenvalue weighted by molar-refractivity contribution is 0.0696. The number of carboxylic acid groups (broad SMARTS) is 1. The number of hydrogen-bond acceptors (Lipinski definition) is 3. The van der Waals surface area contributed by atoms with Gasteiger partial charge in [0.2, 0.25) is 10.0 Å². The van der Waals surface area contributed by atoms with Crippen molar-refractivity contribution in [3.8, 4) is 22.3 Å². The highest BCUT2D eigenvalue weighted by Crippen LogP contribution is 2.31. The minimum absolute atomic E-state index is 0.116. The zero-order valence-corrected chi connectivity index (χ0v) is 16.7. The Morgan fingerprint density at radius 2 is 1.52 bits per heavy atom. The molecule has 29 heavy (non-hydrogen) atoms. The third kappa shape index (κ3) is 4.46. The highest BCUT2D eigenvalue weighted by molar-refractivity contribution is 7.93. The van der Waals surface area contributed by atoms with Gasteiger partial charge in [-0.15, -0.1) is 0 Å². The third-order valence-corrected chi connectivity index (χ3v) is 6.27. The Bertz CT molecular complexity index is 1160. The van der Waals surface area contributed by atoms with Crippen LogP contribution in [0.2, 0.25) is 0 Å². The van der Waals surface area contributed by atoms with E-state index in [1.54, 1.807) is 62.4 Å². The molecule has 2 N–H and O–H groups in total. The molecule has 0 saturated carbocycles. The SMILES string of the molecule is CC(C)S(=O)(=O)Nc1ccccc1-c1ccc(-c2ccc(C(=O)O)cc2F)cc1. The zero-order valence-electron chi connectivity index (χ0n) is 15.9. The maximum Gasteiger partial charge on any atom is 0.335 e. The summed E-state index contributed by atoms with van der Waals surface area (Å²) in [5.41, 5.74) is 2.68. The topological polar surface area (TPSA) is 83.5 Å². The summed E-state index contributed by atoms with van der Waals surface area (Å²) in [5.74, 6) is -1.81. The van der Waals surface area contributed by atoms with Gasteiger partial charge in [-0.05, 0) is 43.2 Å². The maximum absolute atomic E-state index is 14.3. The van der Waals surface area contributed by atoms with E-state index in [2.05, 4.69) is 4.72 Å². The smallest absolute Gasteiger partial charge is 0.335 e. The normalized spacial score (nSPS) is 11.4. The average molecular weight is 413 g/mol. The molecule has 0 aliphatic heterocycles. The first-order valence-electron chi connectivity index (χ1n) is 8.93. The molecule has 0 spiro atoms. The molecule has 0 unspecified atom stereocenters. The van der Waals surface area contributed by atoms with Gasteiger partial charge >= 0.3 is 5.97 Å². The van der Waals surface area contributed by atoms with Gasteiger partial charge in [-0.25, -0.2) is 17.6 Å². The Morgan fingerprint density at radius 1 is 0.931 bits per heavy atom. The molecule has 0 aliphatic carbocycles. The third-order valence-electron chi connectivity index (χ3n) is 4.52. The Kier molecular flexibility index (Phi) is 5.70. The molecule has 0 atom stereocenters. The van der Waals surface area contributed by atoms with Crippen LogP contribution in [0.5, 0.6) is 0 Å². The molecule has 3 aromatic rings. The molecule has 0 amide bonds. The van der Waals surface area contributed by atoms with Crippen LogP contribution in [0, 0.1) is 5.82 Å². The fourth-order valence-corrected chi connectivity index (χ4v) is 3.53. The van der Waals surface area contributed by atoms with Crippen molar-refractivity contribution in [2.75, 3.05) is 4.72 Å². The van der Waals surface area contributed by atoms with Crippen LogP contribution in [0.15, 0.2) is 66.7 Å². The fourth-order valence-electron chi connectivity index (χ4n) is 2.81. The van der Waals surface area contributed by atoms with E-state index in [0.717, 1.165) is 11.6 Å². The van der Waals surface area contributed by atoms with Gasteiger partial charge in [-0.2, -0.15) is 0 Å². The molecule has 0 bridgehead atoms. The number of carbonyl (C=O) groups is 1. The van der Waals surface area contributed by atoms with Crippen molar-refractivity contribution >= 4 is 21.7 Å². The van der Waals surface area contributed by atoms with Crippen molar-refractivity contribution in [1.29, 1.82) is 0 Å². The van der Waals surface area contributed by atoms with Crippen LogP contribution >= 0.6 is 0 Å². The van der Waals surface area contributed by atoms with Crippen LogP contribution in [0.1, 0.15) is 24.2 Å². The maximum atomic E-state index is 14.3. The van der Waals surface area contributed by atoms with Gasteiger partial charge in [0.15, 0.2) is 0 Å². The molecular formula is C22H20FNO4S. The van der Waals surface area contributed by atoms with E-state index in [4.69, 9.17) is 5.11 Å². The quantitative estimate of drug-likeness (QED) is 0.595. The molecule has 150 valence electrons. The van der Waals surface area contributed by atoms with E-state index in [9.17, 15) is 17.6 Å². The van der Waals surface area contributed by atoms with Crippen molar-refractivity contribution < 1.29 is 22.7 Å². The number of halogens is 1. The molecule has 5 nitrogen and oxygen atoms in total. The number of benzene rings is 3. The van der Waals surface area contributed by atoms with Crippen LogP contribution in [-0.2, 0) is 10.0 Å². The molecular weight excluding hydrogens is 393 g/mol. The van der Waals surface area contributed by atoms with Crippen LogP contribution in [0.3, 0.4) is 0 Å². The first-order valence-corrected chi connectivity index (χ1v) is 10.5. The predicted molar refractivity (Wildman–Crippen MR) is 112 cm³/mol. The molecule has 3 aromatic carbocycles. The Morgan fingerprint density at radius 3 is 2.07 bits per heavy atom. The predicted octanol–water partition coefficient (Wildman–Crippen LogP) is 5.01. The molecule has 0 aromatic heterocycles. The van der Waals surface area contributed by atoms with Crippen LogP contribution in [0.4, 0.5) is 10.1 Å². The minimum atomic E-state index is -3.50. The van der Waals surface area contributed by atoms with Gasteiger partial charge in [0.25, 0.3) is 0 Å². The van der Waals surface area contributed by atoms with Crippen LogP contribution in [0.25, 0.3) is 22.3 Å². The second-order valence-electron chi connectivity index (χ2n) is 6.82. The average Bonchev–Trinajstić information content (AvgIpc) is 2.68. The van der Waals surface area contributed by atoms with Gasteiger partial charge in [-0.1, -0.05) is 48.5 Å². The van der Waals surface area contributed by atoms with E-state index in [1.165, 1.54) is 12.1 Å². The monoisotopic (exact) mass is 413 g/mol. The standard InChI is InChI=1S/C22H20FNO4S/c1-14(2)29(27,28)24-21-6-4-3-5-19(21)16-9-7-15(8-10-16)18-12-11-17(22(25)26)13-20(18)23/h3-14,24H,1-2H3,(H,25,26). The van der Waals surface area contributed by atoms with Crippen molar-refractivity contribution in [3.05, 3.63) is 78.1 Å². The minimum Gasteiger partial charge on any atom is -0.478 e. The van der Waals surface area contributed by atoms with Gasteiger partial charge in [0.05, 0.1) is 16.5 Å². The largest absolute Gasteiger partial charge is 0.478 e. The lowest BCUT2D eigenvalue weighted by atomic mass is 9.98. The number of rotatable bonds is 6. The van der Waals surface area contributed by atoms with E-state index >= 15 is 0 Å². The first kappa shape index (κ1) is 20.5. The summed E-state index contributed by atoms with van der Waals surface area (Å²) in [6, 6.07) is 17.8. The van der Waals surface area contributed by atoms with E-state index in [0.29, 0.717) is 16.8 Å². The molecule has 0 saturated heterocycles.